The minimum Gasteiger partial charge on any atom is -0.496 e. The van der Waals surface area contributed by atoms with Crippen LogP contribution in [-0.2, 0) is 22.3 Å². The van der Waals surface area contributed by atoms with Crippen LogP contribution < -0.4 is 14.8 Å². The third-order valence-corrected chi connectivity index (χ3v) is 6.57. The van der Waals surface area contributed by atoms with Gasteiger partial charge >= 0.3 is 0 Å². The molecule has 1 aliphatic rings. The molecule has 1 aliphatic heterocycles. The average molecular weight is 426 g/mol. The Bertz CT molecular complexity index is 1150. The number of hydrogen-bond acceptors (Lipinski definition) is 5. The molecule has 1 unspecified atom stereocenters. The fraction of sp³-hybridized carbons (Fsp3) is 0.273. The van der Waals surface area contributed by atoms with Gasteiger partial charge in [0.2, 0.25) is 0 Å². The van der Waals surface area contributed by atoms with Gasteiger partial charge < -0.3 is 14.8 Å². The van der Waals surface area contributed by atoms with Crippen LogP contribution in [0, 0.1) is 13.8 Å². The molecular formula is C22H23N3O4S. The molecule has 0 saturated heterocycles. The SMILES string of the molecule is COc1cccc(OC)c1C(=O)Nc1c2c(nn1-c1cccc(C)c1C)CS(=O)C2. The van der Waals surface area contributed by atoms with Crippen LogP contribution in [0.2, 0.25) is 0 Å². The largest absolute Gasteiger partial charge is 0.496 e. The highest BCUT2D eigenvalue weighted by molar-refractivity contribution is 7.83. The van der Waals surface area contributed by atoms with Gasteiger partial charge in [-0.3, -0.25) is 9.00 Å². The molecule has 0 spiro atoms. The maximum absolute atomic E-state index is 13.3. The van der Waals surface area contributed by atoms with E-state index >= 15 is 0 Å². The van der Waals surface area contributed by atoms with Crippen LogP contribution >= 0.6 is 0 Å². The zero-order chi connectivity index (χ0) is 21.4. The normalized spacial score (nSPS) is 15.0. The first-order valence-corrected chi connectivity index (χ1v) is 11.0. The van der Waals surface area contributed by atoms with Crippen molar-refractivity contribution in [1.29, 1.82) is 0 Å². The highest BCUT2D eigenvalue weighted by Crippen LogP contribution is 2.35. The summed E-state index contributed by atoms with van der Waals surface area (Å²) in [6.07, 6.45) is 0. The van der Waals surface area contributed by atoms with Gasteiger partial charge in [0.15, 0.2) is 0 Å². The predicted molar refractivity (Wildman–Crippen MR) is 116 cm³/mol. The van der Waals surface area contributed by atoms with Crippen LogP contribution in [0.3, 0.4) is 0 Å². The van der Waals surface area contributed by atoms with Gasteiger partial charge in [0.05, 0.1) is 37.1 Å². The van der Waals surface area contributed by atoms with Crippen molar-refractivity contribution in [3.63, 3.8) is 0 Å². The van der Waals surface area contributed by atoms with Crippen molar-refractivity contribution in [3.8, 4) is 17.2 Å². The summed E-state index contributed by atoms with van der Waals surface area (Å²) in [5.74, 6) is 1.71. The van der Waals surface area contributed by atoms with Crippen molar-refractivity contribution in [3.05, 3.63) is 64.3 Å². The van der Waals surface area contributed by atoms with Crippen molar-refractivity contribution in [2.75, 3.05) is 19.5 Å². The number of benzene rings is 2. The molecule has 0 saturated carbocycles. The number of fused-ring (bicyclic) bond motifs is 1. The topological polar surface area (TPSA) is 82.4 Å². The molecule has 2 aromatic carbocycles. The number of nitrogens with zero attached hydrogens (tertiary/aromatic N) is 2. The number of ether oxygens (including phenoxy) is 2. The van der Waals surface area contributed by atoms with Crippen LogP contribution in [0.5, 0.6) is 11.5 Å². The zero-order valence-corrected chi connectivity index (χ0v) is 18.1. The lowest BCUT2D eigenvalue weighted by molar-refractivity contribution is 0.102. The first-order valence-electron chi connectivity index (χ1n) is 9.49. The number of methoxy groups -OCH3 is 2. The van der Waals surface area contributed by atoms with Gasteiger partial charge in [0, 0.05) is 16.4 Å². The molecule has 7 nitrogen and oxygen atoms in total. The Kier molecular flexibility index (Phi) is 5.34. The van der Waals surface area contributed by atoms with E-state index in [4.69, 9.17) is 14.6 Å². The summed E-state index contributed by atoms with van der Waals surface area (Å²) >= 11 is 0. The molecule has 4 rings (SSSR count). The van der Waals surface area contributed by atoms with Crippen molar-refractivity contribution < 1.29 is 18.5 Å². The minimum atomic E-state index is -1.02. The third kappa shape index (κ3) is 3.37. The molecule has 1 N–H and O–H groups in total. The molecule has 0 radical (unpaired) electrons. The van der Waals surface area contributed by atoms with Crippen LogP contribution in [0.1, 0.15) is 32.7 Å². The standard InChI is InChI=1S/C22H23N3O4S/c1-13-7-5-8-17(14(13)2)25-21(15-11-30(27)12-16(15)24-25)23-22(26)20-18(28-3)9-6-10-19(20)29-4/h5-10H,11-12H2,1-4H3,(H,23,26). The number of carbonyl (C=O) groups is 1. The van der Waals surface area contributed by atoms with Gasteiger partial charge in [-0.2, -0.15) is 5.10 Å². The van der Waals surface area contributed by atoms with Crippen LogP contribution in [0.4, 0.5) is 5.82 Å². The van der Waals surface area contributed by atoms with Gasteiger partial charge in [0.25, 0.3) is 5.91 Å². The molecular weight excluding hydrogens is 402 g/mol. The van der Waals surface area contributed by atoms with Crippen LogP contribution in [-0.4, -0.2) is 34.1 Å². The molecule has 1 amide bonds. The molecule has 0 aliphatic carbocycles. The smallest absolute Gasteiger partial charge is 0.264 e. The van der Waals surface area contributed by atoms with Crippen LogP contribution in [0.15, 0.2) is 36.4 Å². The quantitative estimate of drug-likeness (QED) is 0.676. The second kappa shape index (κ2) is 7.95. The van der Waals surface area contributed by atoms with Gasteiger partial charge in [-0.25, -0.2) is 4.68 Å². The van der Waals surface area contributed by atoms with Crippen molar-refractivity contribution in [2.45, 2.75) is 25.4 Å². The molecule has 1 aromatic heterocycles. The number of hydrogen-bond donors (Lipinski definition) is 1. The van der Waals surface area contributed by atoms with Crippen molar-refractivity contribution >= 4 is 22.5 Å². The summed E-state index contributed by atoms with van der Waals surface area (Å²) in [6.45, 7) is 4.05. The summed E-state index contributed by atoms with van der Waals surface area (Å²) in [5.41, 5.74) is 4.90. The Labute approximate surface area is 177 Å². The molecule has 3 aromatic rings. The Morgan fingerprint density at radius 2 is 1.73 bits per heavy atom. The molecule has 8 heteroatoms. The summed E-state index contributed by atoms with van der Waals surface area (Å²) in [4.78, 5) is 13.3. The van der Waals surface area contributed by atoms with E-state index in [2.05, 4.69) is 5.32 Å². The Morgan fingerprint density at radius 1 is 1.07 bits per heavy atom. The van der Waals surface area contributed by atoms with Crippen molar-refractivity contribution in [1.82, 2.24) is 9.78 Å². The zero-order valence-electron chi connectivity index (χ0n) is 17.3. The van der Waals surface area contributed by atoms with Crippen molar-refractivity contribution in [2.24, 2.45) is 0 Å². The van der Waals surface area contributed by atoms with Gasteiger partial charge in [0.1, 0.15) is 22.9 Å². The predicted octanol–water partition coefficient (Wildman–Crippen LogP) is 3.52. The van der Waals surface area contributed by atoms with E-state index in [1.807, 2.05) is 32.0 Å². The van der Waals surface area contributed by atoms with E-state index in [-0.39, 0.29) is 5.91 Å². The fourth-order valence-electron chi connectivity index (χ4n) is 3.64. The molecule has 0 fully saturated rings. The number of amides is 1. The second-order valence-electron chi connectivity index (χ2n) is 7.12. The number of nitrogens with one attached hydrogen (secondary N) is 1. The second-order valence-corrected chi connectivity index (χ2v) is 8.58. The van der Waals surface area contributed by atoms with E-state index in [1.54, 1.807) is 22.9 Å². The van der Waals surface area contributed by atoms with Gasteiger partial charge in [-0.1, -0.05) is 18.2 Å². The Morgan fingerprint density at radius 3 is 2.40 bits per heavy atom. The summed E-state index contributed by atoms with van der Waals surface area (Å²) < 4.78 is 24.6. The van der Waals surface area contributed by atoms with Gasteiger partial charge in [-0.15, -0.1) is 0 Å². The molecule has 156 valence electrons. The maximum atomic E-state index is 13.3. The molecule has 0 bridgehead atoms. The number of rotatable bonds is 5. The highest BCUT2D eigenvalue weighted by atomic mass is 32.2. The first kappa shape index (κ1) is 20.2. The van der Waals surface area contributed by atoms with E-state index in [1.165, 1.54) is 14.2 Å². The lowest BCUT2D eigenvalue weighted by atomic mass is 10.1. The summed E-state index contributed by atoms with van der Waals surface area (Å²) in [5, 5.41) is 7.68. The maximum Gasteiger partial charge on any atom is 0.264 e. The Balaban J connectivity index is 1.83. The first-order chi connectivity index (χ1) is 14.4. The highest BCUT2D eigenvalue weighted by Gasteiger charge is 2.30. The van der Waals surface area contributed by atoms with Gasteiger partial charge in [-0.05, 0) is 43.2 Å². The molecule has 30 heavy (non-hydrogen) atoms. The number of anilines is 1. The number of carbonyl (C=O) groups excluding carboxylic acids is 1. The third-order valence-electron chi connectivity index (χ3n) is 5.36. The minimum absolute atomic E-state index is 0.295. The number of aryl methyl sites for hydroxylation is 1. The van der Waals surface area contributed by atoms with Crippen LogP contribution in [0.25, 0.3) is 5.69 Å². The van der Waals surface area contributed by atoms with E-state index in [0.29, 0.717) is 34.4 Å². The van der Waals surface area contributed by atoms with E-state index in [9.17, 15) is 9.00 Å². The van der Waals surface area contributed by atoms with E-state index in [0.717, 1.165) is 28.1 Å². The lowest BCUT2D eigenvalue weighted by Crippen LogP contribution is -2.18. The fourth-order valence-corrected chi connectivity index (χ4v) is 4.90. The monoisotopic (exact) mass is 425 g/mol. The Hall–Kier alpha value is -3.13. The summed E-state index contributed by atoms with van der Waals surface area (Å²) in [6, 6.07) is 11.1. The summed E-state index contributed by atoms with van der Waals surface area (Å²) in [7, 11) is 1.99. The lowest BCUT2D eigenvalue weighted by Gasteiger charge is -2.16. The average Bonchev–Trinajstić information content (AvgIpc) is 3.26. The van der Waals surface area contributed by atoms with E-state index < -0.39 is 10.8 Å². The molecule has 2 heterocycles. The number of aromatic nitrogens is 2. The molecule has 1 atom stereocenters.